The second-order valence-corrected chi connectivity index (χ2v) is 6.90. The number of ether oxygens (including phenoxy) is 2. The van der Waals surface area contributed by atoms with Gasteiger partial charge in [-0.2, -0.15) is 0 Å². The summed E-state index contributed by atoms with van der Waals surface area (Å²) in [6.07, 6.45) is 0.102. The highest BCUT2D eigenvalue weighted by atomic mass is 16.5. The van der Waals surface area contributed by atoms with Crippen molar-refractivity contribution < 1.29 is 19.1 Å². The van der Waals surface area contributed by atoms with Gasteiger partial charge in [-0.3, -0.25) is 14.5 Å². The molecule has 7 heteroatoms. The van der Waals surface area contributed by atoms with Crippen LogP contribution in [0.2, 0.25) is 0 Å². The zero-order valence-electron chi connectivity index (χ0n) is 16.8. The van der Waals surface area contributed by atoms with Gasteiger partial charge in [0, 0.05) is 31.7 Å². The van der Waals surface area contributed by atoms with Gasteiger partial charge in [0.1, 0.15) is 0 Å². The first kappa shape index (κ1) is 20.7. The van der Waals surface area contributed by atoms with E-state index < -0.39 is 6.04 Å². The van der Waals surface area contributed by atoms with Crippen LogP contribution in [-0.2, 0) is 22.7 Å². The minimum atomic E-state index is -0.532. The molecule has 2 N–H and O–H groups in total. The highest BCUT2D eigenvalue weighted by Gasteiger charge is 2.32. The Kier molecular flexibility index (Phi) is 7.08. The number of hydrogen-bond acceptors (Lipinski definition) is 5. The summed E-state index contributed by atoms with van der Waals surface area (Å²) in [5.41, 5.74) is 1.93. The lowest BCUT2D eigenvalue weighted by molar-refractivity contribution is -0.134. The van der Waals surface area contributed by atoms with Crippen molar-refractivity contribution in [3.63, 3.8) is 0 Å². The van der Waals surface area contributed by atoms with E-state index in [0.717, 1.165) is 11.1 Å². The molecule has 1 atom stereocenters. The predicted octanol–water partition coefficient (Wildman–Crippen LogP) is 1.71. The molecule has 1 aliphatic rings. The molecule has 0 radical (unpaired) electrons. The van der Waals surface area contributed by atoms with Crippen LogP contribution in [0.25, 0.3) is 0 Å². The lowest BCUT2D eigenvalue weighted by Crippen LogP contribution is -2.56. The number of rotatable bonds is 8. The Morgan fingerprint density at radius 2 is 1.93 bits per heavy atom. The molecule has 7 nitrogen and oxygen atoms in total. The number of nitrogens with one attached hydrogen (secondary N) is 2. The van der Waals surface area contributed by atoms with Crippen LogP contribution >= 0.6 is 0 Å². The minimum Gasteiger partial charge on any atom is -0.493 e. The van der Waals surface area contributed by atoms with Gasteiger partial charge in [-0.15, -0.1) is 0 Å². The molecule has 29 heavy (non-hydrogen) atoms. The van der Waals surface area contributed by atoms with Crippen LogP contribution in [0.1, 0.15) is 17.5 Å². The highest BCUT2D eigenvalue weighted by molar-refractivity contribution is 5.88. The lowest BCUT2D eigenvalue weighted by atomic mass is 10.1. The summed E-state index contributed by atoms with van der Waals surface area (Å²) in [7, 11) is 3.19. The molecule has 1 heterocycles. The van der Waals surface area contributed by atoms with Gasteiger partial charge in [0.05, 0.1) is 26.7 Å². The summed E-state index contributed by atoms with van der Waals surface area (Å²) in [6.45, 7) is 2.14. The first-order chi connectivity index (χ1) is 14.1. The first-order valence-electron chi connectivity index (χ1n) is 9.64. The van der Waals surface area contributed by atoms with E-state index >= 15 is 0 Å². The van der Waals surface area contributed by atoms with E-state index in [0.29, 0.717) is 37.7 Å². The molecule has 2 amide bonds. The maximum absolute atomic E-state index is 12.5. The van der Waals surface area contributed by atoms with Gasteiger partial charge in [0.25, 0.3) is 0 Å². The molecule has 0 aromatic heterocycles. The number of methoxy groups -OCH3 is 2. The summed E-state index contributed by atoms with van der Waals surface area (Å²) in [4.78, 5) is 27.0. The largest absolute Gasteiger partial charge is 0.493 e. The van der Waals surface area contributed by atoms with Crippen molar-refractivity contribution >= 4 is 11.8 Å². The number of carbonyl (C=O) groups is 2. The fourth-order valence-electron chi connectivity index (χ4n) is 3.51. The lowest BCUT2D eigenvalue weighted by Gasteiger charge is -2.35. The molecule has 154 valence electrons. The smallest absolute Gasteiger partial charge is 0.237 e. The third-order valence-electron chi connectivity index (χ3n) is 5.01. The monoisotopic (exact) mass is 397 g/mol. The number of para-hydroxylation sites is 1. The Labute approximate surface area is 171 Å². The number of nitrogens with zero attached hydrogens (tertiary/aromatic N) is 1. The quantitative estimate of drug-likeness (QED) is 0.709. The van der Waals surface area contributed by atoms with Gasteiger partial charge < -0.3 is 20.1 Å². The van der Waals surface area contributed by atoms with E-state index in [1.165, 1.54) is 0 Å². The van der Waals surface area contributed by atoms with E-state index in [1.807, 2.05) is 53.4 Å². The van der Waals surface area contributed by atoms with Crippen molar-refractivity contribution in [2.75, 3.05) is 27.3 Å². The van der Waals surface area contributed by atoms with Crippen LogP contribution < -0.4 is 20.1 Å². The van der Waals surface area contributed by atoms with E-state index in [9.17, 15) is 9.59 Å². The minimum absolute atomic E-state index is 0.102. The Morgan fingerprint density at radius 3 is 2.66 bits per heavy atom. The van der Waals surface area contributed by atoms with Gasteiger partial charge in [-0.25, -0.2) is 0 Å². The third-order valence-corrected chi connectivity index (χ3v) is 5.01. The zero-order valence-corrected chi connectivity index (χ0v) is 16.8. The number of amides is 2. The summed E-state index contributed by atoms with van der Waals surface area (Å²) >= 11 is 0. The summed E-state index contributed by atoms with van der Waals surface area (Å²) in [5.74, 6) is 1.00. The molecule has 0 bridgehead atoms. The predicted molar refractivity (Wildman–Crippen MR) is 110 cm³/mol. The van der Waals surface area contributed by atoms with Crippen molar-refractivity contribution in [1.29, 1.82) is 0 Å². The average Bonchev–Trinajstić information content (AvgIpc) is 2.75. The molecule has 0 saturated carbocycles. The van der Waals surface area contributed by atoms with Crippen LogP contribution in [0.3, 0.4) is 0 Å². The van der Waals surface area contributed by atoms with Crippen LogP contribution in [0.15, 0.2) is 48.5 Å². The van der Waals surface area contributed by atoms with Gasteiger partial charge in [-0.1, -0.05) is 42.5 Å². The summed E-state index contributed by atoms with van der Waals surface area (Å²) in [5, 5.41) is 5.76. The van der Waals surface area contributed by atoms with Crippen LogP contribution in [0.4, 0.5) is 0 Å². The van der Waals surface area contributed by atoms with Gasteiger partial charge in [0.15, 0.2) is 11.5 Å². The Hall–Kier alpha value is -3.06. The van der Waals surface area contributed by atoms with E-state index in [-0.39, 0.29) is 18.2 Å². The average molecular weight is 397 g/mol. The second-order valence-electron chi connectivity index (χ2n) is 6.90. The van der Waals surface area contributed by atoms with Crippen molar-refractivity contribution in [1.82, 2.24) is 15.5 Å². The molecule has 1 unspecified atom stereocenters. The van der Waals surface area contributed by atoms with Crippen molar-refractivity contribution in [2.45, 2.75) is 25.6 Å². The Morgan fingerprint density at radius 1 is 1.14 bits per heavy atom. The number of benzene rings is 2. The normalized spacial score (nSPS) is 16.8. The summed E-state index contributed by atoms with van der Waals surface area (Å²) in [6, 6.07) is 14.8. The van der Waals surface area contributed by atoms with E-state index in [4.69, 9.17) is 9.47 Å². The van der Waals surface area contributed by atoms with Gasteiger partial charge in [-0.05, 0) is 11.6 Å². The fourth-order valence-corrected chi connectivity index (χ4v) is 3.51. The number of piperazine rings is 1. The molecule has 2 aromatic carbocycles. The molecule has 1 aliphatic heterocycles. The second kappa shape index (κ2) is 9.93. The standard InChI is InChI=1S/C22H27N3O4/c1-28-19-10-6-9-17(21(19)29-2)15-25-12-11-23-22(27)18(25)13-20(26)24-14-16-7-4-3-5-8-16/h3-10,18H,11-15H2,1-2H3,(H,23,27)(H,24,26). The van der Waals surface area contributed by atoms with Crippen LogP contribution in [-0.4, -0.2) is 50.1 Å². The number of hydrogen-bond donors (Lipinski definition) is 2. The fraction of sp³-hybridized carbons (Fsp3) is 0.364. The third kappa shape index (κ3) is 5.26. The summed E-state index contributed by atoms with van der Waals surface area (Å²) < 4.78 is 10.9. The molecule has 2 aromatic rings. The zero-order chi connectivity index (χ0) is 20.6. The molecule has 0 spiro atoms. The molecular weight excluding hydrogens is 370 g/mol. The molecule has 3 rings (SSSR count). The topological polar surface area (TPSA) is 79.9 Å². The maximum Gasteiger partial charge on any atom is 0.237 e. The SMILES string of the molecule is COc1cccc(CN2CCNC(=O)C2CC(=O)NCc2ccccc2)c1OC. The molecule has 0 aliphatic carbocycles. The molecule has 1 fully saturated rings. The highest BCUT2D eigenvalue weighted by Crippen LogP contribution is 2.32. The molecular formula is C22H27N3O4. The Bertz CT molecular complexity index is 841. The molecule has 1 saturated heterocycles. The van der Waals surface area contributed by atoms with Crippen LogP contribution in [0, 0.1) is 0 Å². The number of carbonyl (C=O) groups excluding carboxylic acids is 2. The van der Waals surface area contributed by atoms with Crippen molar-refractivity contribution in [3.8, 4) is 11.5 Å². The Balaban J connectivity index is 1.68. The van der Waals surface area contributed by atoms with Crippen molar-refractivity contribution in [2.24, 2.45) is 0 Å². The first-order valence-corrected chi connectivity index (χ1v) is 9.64. The van der Waals surface area contributed by atoms with E-state index in [1.54, 1.807) is 14.2 Å². The van der Waals surface area contributed by atoms with Gasteiger partial charge >= 0.3 is 0 Å². The van der Waals surface area contributed by atoms with Gasteiger partial charge in [0.2, 0.25) is 11.8 Å². The van der Waals surface area contributed by atoms with E-state index in [2.05, 4.69) is 10.6 Å². The maximum atomic E-state index is 12.5. The van der Waals surface area contributed by atoms with Crippen molar-refractivity contribution in [3.05, 3.63) is 59.7 Å². The van der Waals surface area contributed by atoms with Crippen LogP contribution in [0.5, 0.6) is 11.5 Å².